The van der Waals surface area contributed by atoms with E-state index in [0.29, 0.717) is 11.1 Å². The zero-order valence-corrected chi connectivity index (χ0v) is 12.0. The summed E-state index contributed by atoms with van der Waals surface area (Å²) < 4.78 is 10.7. The van der Waals surface area contributed by atoms with Crippen LogP contribution in [0, 0.1) is 6.92 Å². The van der Waals surface area contributed by atoms with Crippen LogP contribution in [0.4, 0.5) is 0 Å². The SMILES string of the molecule is CNC(CSc1nnc(C)o1)c1ccccc1OC. The van der Waals surface area contributed by atoms with Gasteiger partial charge in [0.1, 0.15) is 5.75 Å². The molecule has 2 rings (SSSR count). The second kappa shape index (κ2) is 6.58. The molecule has 0 saturated heterocycles. The first-order valence-corrected chi connectivity index (χ1v) is 6.96. The summed E-state index contributed by atoms with van der Waals surface area (Å²) in [5.41, 5.74) is 1.12. The summed E-state index contributed by atoms with van der Waals surface area (Å²) in [5.74, 6) is 2.25. The van der Waals surface area contributed by atoms with Gasteiger partial charge < -0.3 is 14.5 Å². The average molecular weight is 279 g/mol. The van der Waals surface area contributed by atoms with Gasteiger partial charge in [-0.1, -0.05) is 30.0 Å². The van der Waals surface area contributed by atoms with E-state index >= 15 is 0 Å². The van der Waals surface area contributed by atoms with Crippen molar-refractivity contribution in [3.8, 4) is 5.75 Å². The Hall–Kier alpha value is -1.53. The Morgan fingerprint density at radius 2 is 2.16 bits per heavy atom. The highest BCUT2D eigenvalue weighted by Crippen LogP contribution is 2.29. The Bertz CT molecular complexity index is 530. The minimum Gasteiger partial charge on any atom is -0.496 e. The van der Waals surface area contributed by atoms with E-state index in [1.165, 1.54) is 11.8 Å². The fourth-order valence-electron chi connectivity index (χ4n) is 1.77. The molecule has 1 aromatic carbocycles. The fraction of sp³-hybridized carbons (Fsp3) is 0.385. The molecule has 0 aliphatic rings. The molecule has 6 heteroatoms. The number of ether oxygens (including phenoxy) is 1. The van der Waals surface area contributed by atoms with E-state index in [9.17, 15) is 0 Å². The zero-order chi connectivity index (χ0) is 13.7. The van der Waals surface area contributed by atoms with Crippen molar-refractivity contribution in [2.24, 2.45) is 0 Å². The Morgan fingerprint density at radius 1 is 1.37 bits per heavy atom. The minimum absolute atomic E-state index is 0.161. The van der Waals surface area contributed by atoms with E-state index < -0.39 is 0 Å². The molecule has 2 aromatic rings. The highest BCUT2D eigenvalue weighted by atomic mass is 32.2. The number of thioether (sulfide) groups is 1. The molecular formula is C13H17N3O2S. The molecule has 1 unspecified atom stereocenters. The van der Waals surface area contributed by atoms with Crippen molar-refractivity contribution in [1.82, 2.24) is 15.5 Å². The van der Waals surface area contributed by atoms with Crippen LogP contribution < -0.4 is 10.1 Å². The summed E-state index contributed by atoms with van der Waals surface area (Å²) in [6.07, 6.45) is 0. The first-order chi connectivity index (χ1) is 9.24. The molecular weight excluding hydrogens is 262 g/mol. The highest BCUT2D eigenvalue weighted by Gasteiger charge is 2.15. The lowest BCUT2D eigenvalue weighted by atomic mass is 10.1. The van der Waals surface area contributed by atoms with Gasteiger partial charge in [-0.2, -0.15) is 0 Å². The summed E-state index contributed by atoms with van der Waals surface area (Å²) >= 11 is 1.53. The van der Waals surface area contributed by atoms with Gasteiger partial charge in [-0.3, -0.25) is 0 Å². The van der Waals surface area contributed by atoms with Crippen molar-refractivity contribution in [3.05, 3.63) is 35.7 Å². The fourth-order valence-corrected chi connectivity index (χ4v) is 2.71. The number of methoxy groups -OCH3 is 1. The van der Waals surface area contributed by atoms with Crippen molar-refractivity contribution >= 4 is 11.8 Å². The van der Waals surface area contributed by atoms with Crippen molar-refractivity contribution in [3.63, 3.8) is 0 Å². The second-order valence-electron chi connectivity index (χ2n) is 3.98. The van der Waals surface area contributed by atoms with Gasteiger partial charge in [-0.05, 0) is 13.1 Å². The Labute approximate surface area is 116 Å². The maximum Gasteiger partial charge on any atom is 0.276 e. The first kappa shape index (κ1) is 13.9. The molecule has 0 aliphatic heterocycles. The molecule has 0 aliphatic carbocycles. The predicted molar refractivity (Wildman–Crippen MR) is 74.6 cm³/mol. The Kier molecular flexibility index (Phi) is 4.81. The van der Waals surface area contributed by atoms with Crippen molar-refractivity contribution in [1.29, 1.82) is 0 Å². The molecule has 1 heterocycles. The predicted octanol–water partition coefficient (Wildman–Crippen LogP) is 2.44. The highest BCUT2D eigenvalue weighted by molar-refractivity contribution is 7.99. The van der Waals surface area contributed by atoms with E-state index in [-0.39, 0.29) is 6.04 Å². The van der Waals surface area contributed by atoms with Crippen LogP contribution in [-0.4, -0.2) is 30.1 Å². The number of hydrogen-bond acceptors (Lipinski definition) is 6. The summed E-state index contributed by atoms with van der Waals surface area (Å²) in [7, 11) is 3.61. The maximum absolute atomic E-state index is 5.38. The lowest BCUT2D eigenvalue weighted by molar-refractivity contribution is 0.404. The largest absolute Gasteiger partial charge is 0.496 e. The molecule has 5 nitrogen and oxygen atoms in total. The third kappa shape index (κ3) is 3.48. The van der Waals surface area contributed by atoms with Gasteiger partial charge in [-0.25, -0.2) is 0 Å². The summed E-state index contributed by atoms with van der Waals surface area (Å²) in [6, 6.07) is 8.14. The number of rotatable bonds is 6. The molecule has 1 N–H and O–H groups in total. The quantitative estimate of drug-likeness (QED) is 0.820. The molecule has 1 aromatic heterocycles. The monoisotopic (exact) mass is 279 g/mol. The van der Waals surface area contributed by atoms with Crippen LogP contribution in [-0.2, 0) is 0 Å². The number of para-hydroxylation sites is 1. The van der Waals surface area contributed by atoms with Gasteiger partial charge in [0.05, 0.1) is 7.11 Å². The van der Waals surface area contributed by atoms with Crippen LogP contribution in [0.5, 0.6) is 5.75 Å². The zero-order valence-electron chi connectivity index (χ0n) is 11.2. The molecule has 0 radical (unpaired) electrons. The van der Waals surface area contributed by atoms with Gasteiger partial charge in [0.25, 0.3) is 5.22 Å². The van der Waals surface area contributed by atoms with Crippen molar-refractivity contribution < 1.29 is 9.15 Å². The molecule has 102 valence electrons. The average Bonchev–Trinajstić information content (AvgIpc) is 2.86. The summed E-state index contributed by atoms with van der Waals surface area (Å²) in [6.45, 7) is 1.78. The second-order valence-corrected chi connectivity index (χ2v) is 4.95. The van der Waals surface area contributed by atoms with Gasteiger partial charge in [-0.15, -0.1) is 10.2 Å². The summed E-state index contributed by atoms with van der Waals surface area (Å²) in [4.78, 5) is 0. The normalized spacial score (nSPS) is 12.4. The smallest absolute Gasteiger partial charge is 0.276 e. The first-order valence-electron chi connectivity index (χ1n) is 5.97. The number of benzene rings is 1. The number of aryl methyl sites for hydroxylation is 1. The van der Waals surface area contributed by atoms with Crippen LogP contribution in [0.25, 0.3) is 0 Å². The van der Waals surface area contributed by atoms with Crippen LogP contribution in [0.2, 0.25) is 0 Å². The number of aromatic nitrogens is 2. The standard InChI is InChI=1S/C13H17N3O2S/c1-9-15-16-13(18-9)19-8-11(14-2)10-6-4-5-7-12(10)17-3/h4-7,11,14H,8H2,1-3H3. The number of hydrogen-bond donors (Lipinski definition) is 1. The van der Waals surface area contributed by atoms with Gasteiger partial charge in [0.15, 0.2) is 0 Å². The maximum atomic E-state index is 5.38. The molecule has 1 atom stereocenters. The van der Waals surface area contributed by atoms with Crippen LogP contribution in [0.3, 0.4) is 0 Å². The van der Waals surface area contributed by atoms with E-state index in [4.69, 9.17) is 9.15 Å². The van der Waals surface area contributed by atoms with Crippen molar-refractivity contribution in [2.75, 3.05) is 19.9 Å². The van der Waals surface area contributed by atoms with E-state index in [0.717, 1.165) is 17.1 Å². The number of nitrogens with one attached hydrogen (secondary N) is 1. The topological polar surface area (TPSA) is 60.2 Å². The van der Waals surface area contributed by atoms with Crippen molar-refractivity contribution in [2.45, 2.75) is 18.2 Å². The molecule has 0 amide bonds. The van der Waals surface area contributed by atoms with E-state index in [1.54, 1.807) is 14.0 Å². The van der Waals surface area contributed by atoms with E-state index in [1.807, 2.05) is 25.2 Å². The molecule has 0 saturated carbocycles. The third-order valence-corrected chi connectivity index (χ3v) is 3.66. The lowest BCUT2D eigenvalue weighted by Crippen LogP contribution is -2.19. The Balaban J connectivity index is 2.07. The van der Waals surface area contributed by atoms with Crippen LogP contribution >= 0.6 is 11.8 Å². The van der Waals surface area contributed by atoms with Gasteiger partial charge >= 0.3 is 0 Å². The molecule has 0 bridgehead atoms. The number of nitrogens with zero attached hydrogens (tertiary/aromatic N) is 2. The summed E-state index contributed by atoms with van der Waals surface area (Å²) in [5, 5.41) is 11.7. The Morgan fingerprint density at radius 3 is 2.79 bits per heavy atom. The van der Waals surface area contributed by atoms with Crippen LogP contribution in [0.15, 0.2) is 33.9 Å². The molecule has 0 fully saturated rings. The third-order valence-electron chi connectivity index (χ3n) is 2.74. The minimum atomic E-state index is 0.161. The lowest BCUT2D eigenvalue weighted by Gasteiger charge is -2.18. The molecule has 0 spiro atoms. The van der Waals surface area contributed by atoms with Crippen LogP contribution in [0.1, 0.15) is 17.5 Å². The van der Waals surface area contributed by atoms with Gasteiger partial charge in [0.2, 0.25) is 5.89 Å². The van der Waals surface area contributed by atoms with E-state index in [2.05, 4.69) is 21.6 Å². The molecule has 19 heavy (non-hydrogen) atoms. The van der Waals surface area contributed by atoms with Gasteiger partial charge in [0, 0.05) is 24.3 Å².